The van der Waals surface area contributed by atoms with Crippen LogP contribution in [0.3, 0.4) is 0 Å². The highest BCUT2D eigenvalue weighted by molar-refractivity contribution is 6.01. The highest BCUT2D eigenvalue weighted by Gasteiger charge is 2.26. The number of hydrogen-bond donors (Lipinski definition) is 1. The fraction of sp³-hybridized carbons (Fsp3) is 0.286. The third kappa shape index (κ3) is 3.67. The minimum absolute atomic E-state index is 0.0963. The van der Waals surface area contributed by atoms with Gasteiger partial charge in [0.25, 0.3) is 5.91 Å². The van der Waals surface area contributed by atoms with Gasteiger partial charge in [-0.05, 0) is 31.4 Å². The first-order valence-corrected chi connectivity index (χ1v) is 8.75. The Morgan fingerprint density at radius 1 is 1.23 bits per heavy atom. The molecule has 1 saturated heterocycles. The van der Waals surface area contributed by atoms with Crippen LogP contribution in [0.15, 0.2) is 54.2 Å². The second-order valence-electron chi connectivity index (χ2n) is 6.20. The van der Waals surface area contributed by atoms with Crippen molar-refractivity contribution in [1.82, 2.24) is 4.90 Å². The zero-order chi connectivity index (χ0) is 18.5. The van der Waals surface area contributed by atoms with Gasteiger partial charge in [-0.2, -0.15) is 0 Å². The van der Waals surface area contributed by atoms with Crippen molar-refractivity contribution >= 4 is 11.6 Å². The molecule has 5 nitrogen and oxygen atoms in total. The summed E-state index contributed by atoms with van der Waals surface area (Å²) < 4.78 is 11.3. The molecule has 2 aromatic carbocycles. The zero-order valence-corrected chi connectivity index (χ0v) is 15.2. The normalized spacial score (nSPS) is 15.3. The minimum Gasteiger partial charge on any atom is -0.493 e. The van der Waals surface area contributed by atoms with Crippen LogP contribution in [0.2, 0.25) is 0 Å². The van der Waals surface area contributed by atoms with Crippen LogP contribution in [0.4, 0.5) is 5.69 Å². The van der Waals surface area contributed by atoms with E-state index in [4.69, 9.17) is 15.2 Å². The van der Waals surface area contributed by atoms with Crippen molar-refractivity contribution in [3.63, 3.8) is 0 Å². The number of benzene rings is 2. The third-order valence-electron chi connectivity index (χ3n) is 4.54. The van der Waals surface area contributed by atoms with Gasteiger partial charge in [0.2, 0.25) is 0 Å². The second kappa shape index (κ2) is 7.95. The number of methoxy groups -OCH3 is 1. The maximum absolute atomic E-state index is 12.9. The number of likely N-dealkylation sites (tertiary alicyclic amines) is 1. The molecule has 136 valence electrons. The molecule has 1 aliphatic rings. The smallest absolute Gasteiger partial charge is 0.260 e. The Morgan fingerprint density at radius 3 is 2.69 bits per heavy atom. The van der Waals surface area contributed by atoms with Crippen molar-refractivity contribution in [3.8, 4) is 11.5 Å². The lowest BCUT2D eigenvalue weighted by Crippen LogP contribution is -2.27. The number of nitrogen functional groups attached to an aromatic ring is 1. The van der Waals surface area contributed by atoms with Crippen LogP contribution in [0.1, 0.15) is 35.7 Å². The van der Waals surface area contributed by atoms with Gasteiger partial charge in [0.15, 0.2) is 11.5 Å². The second-order valence-corrected chi connectivity index (χ2v) is 6.20. The molecular weight excluding hydrogens is 328 g/mol. The summed E-state index contributed by atoms with van der Waals surface area (Å²) in [5, 5.41) is 0. The Balaban J connectivity index is 1.84. The summed E-state index contributed by atoms with van der Waals surface area (Å²) in [5.41, 5.74) is 9.08. The summed E-state index contributed by atoms with van der Waals surface area (Å²) in [5.74, 6) is 0.929. The maximum Gasteiger partial charge on any atom is 0.260 e. The molecule has 1 aliphatic heterocycles. The van der Waals surface area contributed by atoms with Gasteiger partial charge in [-0.15, -0.1) is 0 Å². The first-order valence-electron chi connectivity index (χ1n) is 8.75. The van der Waals surface area contributed by atoms with Crippen LogP contribution in [0.25, 0.3) is 0 Å². The first-order chi connectivity index (χ1) is 12.6. The predicted octanol–water partition coefficient (Wildman–Crippen LogP) is 4.00. The SMILES string of the molecule is CC=C1CCCN1C(=O)c1cc(OC)c(OCc2ccccc2)cc1N. The van der Waals surface area contributed by atoms with E-state index in [2.05, 4.69) is 0 Å². The molecule has 1 fully saturated rings. The van der Waals surface area contributed by atoms with Gasteiger partial charge in [-0.1, -0.05) is 36.4 Å². The molecule has 0 radical (unpaired) electrons. The van der Waals surface area contributed by atoms with Gasteiger partial charge in [0.05, 0.1) is 12.7 Å². The minimum atomic E-state index is -0.0963. The van der Waals surface area contributed by atoms with Crippen LogP contribution in [-0.2, 0) is 6.61 Å². The fourth-order valence-electron chi connectivity index (χ4n) is 3.14. The van der Waals surface area contributed by atoms with E-state index >= 15 is 0 Å². The molecule has 0 aromatic heterocycles. The molecule has 5 heteroatoms. The average molecular weight is 352 g/mol. The van der Waals surface area contributed by atoms with E-state index < -0.39 is 0 Å². The average Bonchev–Trinajstić information content (AvgIpc) is 3.15. The Hall–Kier alpha value is -2.95. The van der Waals surface area contributed by atoms with Crippen molar-refractivity contribution < 1.29 is 14.3 Å². The molecule has 0 bridgehead atoms. The van der Waals surface area contributed by atoms with Gasteiger partial charge < -0.3 is 20.1 Å². The molecule has 0 aliphatic carbocycles. The summed E-state index contributed by atoms with van der Waals surface area (Å²) in [6, 6.07) is 13.2. The molecule has 2 aromatic rings. The standard InChI is InChI=1S/C21H24N2O3/c1-3-16-10-7-11-23(16)21(24)17-12-19(25-2)20(13-18(17)22)26-14-15-8-5-4-6-9-15/h3-6,8-9,12-13H,7,10-11,14,22H2,1-2H3. The Labute approximate surface area is 154 Å². The van der Waals surface area contributed by atoms with Gasteiger partial charge in [0.1, 0.15) is 6.61 Å². The van der Waals surface area contributed by atoms with E-state index in [1.807, 2.05) is 43.3 Å². The van der Waals surface area contributed by atoms with Crippen LogP contribution < -0.4 is 15.2 Å². The molecule has 2 N–H and O–H groups in total. The van der Waals surface area contributed by atoms with Crippen LogP contribution >= 0.6 is 0 Å². The summed E-state index contributed by atoms with van der Waals surface area (Å²) in [7, 11) is 1.56. The van der Waals surface area contributed by atoms with E-state index in [0.717, 1.165) is 24.1 Å². The number of carbonyl (C=O) groups is 1. The van der Waals surface area contributed by atoms with E-state index in [1.165, 1.54) is 0 Å². The number of ether oxygens (including phenoxy) is 2. The number of allylic oxidation sites excluding steroid dienone is 2. The lowest BCUT2D eigenvalue weighted by molar-refractivity contribution is 0.0825. The van der Waals surface area contributed by atoms with E-state index in [-0.39, 0.29) is 5.91 Å². The van der Waals surface area contributed by atoms with E-state index in [1.54, 1.807) is 24.1 Å². The molecule has 0 unspecified atom stereocenters. The molecule has 0 saturated carbocycles. The fourth-order valence-corrected chi connectivity index (χ4v) is 3.14. The highest BCUT2D eigenvalue weighted by atomic mass is 16.5. The maximum atomic E-state index is 12.9. The van der Waals surface area contributed by atoms with Crippen LogP contribution in [0, 0.1) is 0 Å². The van der Waals surface area contributed by atoms with Gasteiger partial charge in [-0.3, -0.25) is 4.79 Å². The van der Waals surface area contributed by atoms with Crippen molar-refractivity contribution in [1.29, 1.82) is 0 Å². The van der Waals surface area contributed by atoms with E-state index in [0.29, 0.717) is 35.9 Å². The van der Waals surface area contributed by atoms with Gasteiger partial charge in [0, 0.05) is 24.0 Å². The van der Waals surface area contributed by atoms with Gasteiger partial charge in [-0.25, -0.2) is 0 Å². The molecule has 0 atom stereocenters. The highest BCUT2D eigenvalue weighted by Crippen LogP contribution is 2.34. The molecule has 26 heavy (non-hydrogen) atoms. The number of carbonyl (C=O) groups excluding carboxylic acids is 1. The monoisotopic (exact) mass is 352 g/mol. The van der Waals surface area contributed by atoms with Crippen molar-refractivity contribution in [3.05, 3.63) is 65.4 Å². The number of nitrogens with two attached hydrogens (primary N) is 1. The summed E-state index contributed by atoms with van der Waals surface area (Å²) in [6.07, 6.45) is 3.87. The number of amides is 1. The molecule has 1 amide bonds. The Kier molecular flexibility index (Phi) is 5.46. The quantitative estimate of drug-likeness (QED) is 0.826. The van der Waals surface area contributed by atoms with Gasteiger partial charge >= 0.3 is 0 Å². The number of nitrogens with zero attached hydrogens (tertiary/aromatic N) is 1. The topological polar surface area (TPSA) is 64.8 Å². The summed E-state index contributed by atoms with van der Waals surface area (Å²) >= 11 is 0. The molecular formula is C21H24N2O3. The number of anilines is 1. The predicted molar refractivity (Wildman–Crippen MR) is 102 cm³/mol. The number of rotatable bonds is 5. The zero-order valence-electron chi connectivity index (χ0n) is 15.2. The van der Waals surface area contributed by atoms with Crippen molar-refractivity contribution in [2.45, 2.75) is 26.4 Å². The lowest BCUT2D eigenvalue weighted by Gasteiger charge is -2.20. The molecule has 1 heterocycles. The summed E-state index contributed by atoms with van der Waals surface area (Å²) in [4.78, 5) is 14.7. The Bertz CT molecular complexity index is 816. The summed E-state index contributed by atoms with van der Waals surface area (Å²) in [6.45, 7) is 3.07. The Morgan fingerprint density at radius 2 is 2.00 bits per heavy atom. The first kappa shape index (κ1) is 17.9. The third-order valence-corrected chi connectivity index (χ3v) is 4.54. The molecule has 0 spiro atoms. The molecule has 3 rings (SSSR count). The number of hydrogen-bond acceptors (Lipinski definition) is 4. The van der Waals surface area contributed by atoms with E-state index in [9.17, 15) is 4.79 Å². The lowest BCUT2D eigenvalue weighted by atomic mass is 10.1. The van der Waals surface area contributed by atoms with Crippen LogP contribution in [-0.4, -0.2) is 24.5 Å². The van der Waals surface area contributed by atoms with Crippen molar-refractivity contribution in [2.75, 3.05) is 19.4 Å². The van der Waals surface area contributed by atoms with Crippen LogP contribution in [0.5, 0.6) is 11.5 Å². The van der Waals surface area contributed by atoms with Crippen molar-refractivity contribution in [2.24, 2.45) is 0 Å². The largest absolute Gasteiger partial charge is 0.493 e.